The van der Waals surface area contributed by atoms with Crippen LogP contribution >= 0.6 is 0 Å². The normalized spacial score (nSPS) is 10.8. The molecule has 0 aliphatic heterocycles. The number of amides is 1. The summed E-state index contributed by atoms with van der Waals surface area (Å²) in [5.74, 6) is 0.0156. The van der Waals surface area contributed by atoms with Crippen molar-refractivity contribution in [2.24, 2.45) is 0 Å². The van der Waals surface area contributed by atoms with Crippen LogP contribution in [0.3, 0.4) is 0 Å². The zero-order valence-corrected chi connectivity index (χ0v) is 10.2. The van der Waals surface area contributed by atoms with Gasteiger partial charge in [0, 0.05) is 12.7 Å². The van der Waals surface area contributed by atoms with Crippen LogP contribution in [0.5, 0.6) is 0 Å². The van der Waals surface area contributed by atoms with Gasteiger partial charge in [-0.25, -0.2) is 0 Å². The molecule has 1 rings (SSSR count). The summed E-state index contributed by atoms with van der Waals surface area (Å²) in [6, 6.07) is 1.89. The van der Waals surface area contributed by atoms with Gasteiger partial charge in [0.1, 0.15) is 6.54 Å². The molecule has 5 heteroatoms. The molecular formula is C11H20N4O. The summed E-state index contributed by atoms with van der Waals surface area (Å²) in [6.07, 6.45) is 2.78. The van der Waals surface area contributed by atoms with E-state index in [0.717, 1.165) is 25.2 Å². The van der Waals surface area contributed by atoms with Gasteiger partial charge < -0.3 is 10.2 Å². The Morgan fingerprint density at radius 1 is 1.56 bits per heavy atom. The highest BCUT2D eigenvalue weighted by Crippen LogP contribution is 1.92. The van der Waals surface area contributed by atoms with Crippen LogP contribution in [0.25, 0.3) is 0 Å². The zero-order chi connectivity index (χ0) is 12.0. The van der Waals surface area contributed by atoms with Crippen molar-refractivity contribution >= 4 is 5.91 Å². The summed E-state index contributed by atoms with van der Waals surface area (Å²) < 4.78 is 1.65. The maximum absolute atomic E-state index is 11.5. The van der Waals surface area contributed by atoms with E-state index in [-0.39, 0.29) is 5.91 Å². The van der Waals surface area contributed by atoms with Crippen molar-refractivity contribution in [1.29, 1.82) is 0 Å². The molecule has 0 aliphatic rings. The van der Waals surface area contributed by atoms with Crippen molar-refractivity contribution in [2.75, 3.05) is 27.2 Å². The van der Waals surface area contributed by atoms with Gasteiger partial charge in [0.05, 0.1) is 5.69 Å². The molecule has 0 bridgehead atoms. The van der Waals surface area contributed by atoms with Gasteiger partial charge in [0.25, 0.3) is 0 Å². The lowest BCUT2D eigenvalue weighted by molar-refractivity contribution is -0.121. The molecule has 1 aromatic rings. The van der Waals surface area contributed by atoms with Crippen LogP contribution in [0.1, 0.15) is 12.1 Å². The van der Waals surface area contributed by atoms with E-state index in [1.54, 1.807) is 4.68 Å². The average Bonchev–Trinajstić information content (AvgIpc) is 2.58. The predicted molar refractivity (Wildman–Crippen MR) is 63.1 cm³/mol. The topological polar surface area (TPSA) is 50.2 Å². The first-order valence-corrected chi connectivity index (χ1v) is 5.49. The van der Waals surface area contributed by atoms with E-state index in [4.69, 9.17) is 0 Å². The molecule has 0 aliphatic carbocycles. The Hall–Kier alpha value is -1.36. The highest BCUT2D eigenvalue weighted by Gasteiger charge is 2.02. The maximum atomic E-state index is 11.5. The molecule has 1 aromatic heterocycles. The van der Waals surface area contributed by atoms with Crippen molar-refractivity contribution in [3.05, 3.63) is 18.0 Å². The van der Waals surface area contributed by atoms with Gasteiger partial charge >= 0.3 is 0 Å². The fourth-order valence-electron chi connectivity index (χ4n) is 1.38. The second-order valence-corrected chi connectivity index (χ2v) is 4.16. The molecule has 0 saturated carbocycles. The van der Waals surface area contributed by atoms with E-state index in [1.807, 2.05) is 33.3 Å². The fourth-order valence-corrected chi connectivity index (χ4v) is 1.38. The number of nitrogens with one attached hydrogen (secondary N) is 1. The van der Waals surface area contributed by atoms with Crippen molar-refractivity contribution in [3.63, 3.8) is 0 Å². The van der Waals surface area contributed by atoms with E-state index in [0.29, 0.717) is 6.54 Å². The second kappa shape index (κ2) is 6.27. The molecule has 0 unspecified atom stereocenters. The van der Waals surface area contributed by atoms with Crippen LogP contribution in [-0.2, 0) is 11.3 Å². The Morgan fingerprint density at radius 2 is 2.31 bits per heavy atom. The first-order chi connectivity index (χ1) is 7.58. The van der Waals surface area contributed by atoms with E-state index in [1.165, 1.54) is 0 Å². The number of carbonyl (C=O) groups excluding carboxylic acids is 1. The monoisotopic (exact) mass is 224 g/mol. The van der Waals surface area contributed by atoms with Gasteiger partial charge in [-0.15, -0.1) is 0 Å². The molecule has 1 amide bonds. The number of aromatic nitrogens is 2. The number of rotatable bonds is 6. The number of aryl methyl sites for hydroxylation is 1. The minimum absolute atomic E-state index is 0.0156. The zero-order valence-electron chi connectivity index (χ0n) is 10.2. The Morgan fingerprint density at radius 3 is 2.88 bits per heavy atom. The van der Waals surface area contributed by atoms with E-state index >= 15 is 0 Å². The number of carbonyl (C=O) groups is 1. The highest BCUT2D eigenvalue weighted by atomic mass is 16.2. The van der Waals surface area contributed by atoms with Gasteiger partial charge in [-0.05, 0) is 40.1 Å². The van der Waals surface area contributed by atoms with Gasteiger partial charge in [-0.3, -0.25) is 9.48 Å². The van der Waals surface area contributed by atoms with Crippen LogP contribution in [0.2, 0.25) is 0 Å². The molecule has 5 nitrogen and oxygen atoms in total. The van der Waals surface area contributed by atoms with Crippen molar-refractivity contribution in [3.8, 4) is 0 Å². The third-order valence-electron chi connectivity index (χ3n) is 2.18. The number of hydrogen-bond acceptors (Lipinski definition) is 3. The predicted octanol–water partition coefficient (Wildman–Crippen LogP) is 0.259. The van der Waals surface area contributed by atoms with Crippen molar-refractivity contribution in [1.82, 2.24) is 20.0 Å². The molecule has 90 valence electrons. The molecule has 0 fully saturated rings. The van der Waals surface area contributed by atoms with Crippen LogP contribution in [0, 0.1) is 6.92 Å². The first kappa shape index (κ1) is 12.7. The summed E-state index contributed by atoms with van der Waals surface area (Å²) in [5.41, 5.74) is 0.931. The maximum Gasteiger partial charge on any atom is 0.241 e. The van der Waals surface area contributed by atoms with E-state index in [2.05, 4.69) is 15.3 Å². The van der Waals surface area contributed by atoms with Crippen molar-refractivity contribution in [2.45, 2.75) is 19.9 Å². The first-order valence-electron chi connectivity index (χ1n) is 5.49. The van der Waals surface area contributed by atoms with Crippen LogP contribution in [0.4, 0.5) is 0 Å². The average molecular weight is 224 g/mol. The summed E-state index contributed by atoms with van der Waals surface area (Å²) in [6.45, 7) is 3.92. The molecule has 16 heavy (non-hydrogen) atoms. The minimum atomic E-state index is 0.0156. The van der Waals surface area contributed by atoms with Crippen LogP contribution in [0.15, 0.2) is 12.3 Å². The number of hydrogen-bond donors (Lipinski definition) is 1. The molecular weight excluding hydrogens is 204 g/mol. The van der Waals surface area contributed by atoms with Gasteiger partial charge in [-0.2, -0.15) is 5.10 Å². The third-order valence-corrected chi connectivity index (χ3v) is 2.18. The Labute approximate surface area is 96.4 Å². The molecule has 0 spiro atoms. The molecule has 0 saturated heterocycles. The van der Waals surface area contributed by atoms with Gasteiger partial charge in [0.15, 0.2) is 0 Å². The Bertz CT molecular complexity index is 332. The van der Waals surface area contributed by atoms with E-state index < -0.39 is 0 Å². The molecule has 1 N–H and O–H groups in total. The smallest absolute Gasteiger partial charge is 0.241 e. The molecule has 0 radical (unpaired) electrons. The van der Waals surface area contributed by atoms with Gasteiger partial charge in [0.2, 0.25) is 5.91 Å². The lowest BCUT2D eigenvalue weighted by Gasteiger charge is -2.09. The van der Waals surface area contributed by atoms with Gasteiger partial charge in [-0.1, -0.05) is 0 Å². The Kier molecular flexibility index (Phi) is 4.98. The van der Waals surface area contributed by atoms with E-state index in [9.17, 15) is 4.79 Å². The fraction of sp³-hybridized carbons (Fsp3) is 0.636. The van der Waals surface area contributed by atoms with Crippen LogP contribution in [-0.4, -0.2) is 47.8 Å². The summed E-state index contributed by atoms with van der Waals surface area (Å²) >= 11 is 0. The third kappa shape index (κ3) is 4.93. The standard InChI is InChI=1S/C11H20N4O/c1-10-5-8-15(13-10)9-11(16)12-6-4-7-14(2)3/h5,8H,4,6-7,9H2,1-3H3,(H,12,16). The largest absolute Gasteiger partial charge is 0.354 e. The number of nitrogens with zero attached hydrogens (tertiary/aromatic N) is 3. The summed E-state index contributed by atoms with van der Waals surface area (Å²) in [7, 11) is 4.04. The minimum Gasteiger partial charge on any atom is -0.354 e. The summed E-state index contributed by atoms with van der Waals surface area (Å²) in [4.78, 5) is 13.6. The van der Waals surface area contributed by atoms with Crippen LogP contribution < -0.4 is 5.32 Å². The highest BCUT2D eigenvalue weighted by molar-refractivity contribution is 5.75. The van der Waals surface area contributed by atoms with Crippen molar-refractivity contribution < 1.29 is 4.79 Å². The summed E-state index contributed by atoms with van der Waals surface area (Å²) in [5, 5.41) is 7.02. The lowest BCUT2D eigenvalue weighted by Crippen LogP contribution is -2.30. The molecule has 0 atom stereocenters. The molecule has 1 heterocycles. The second-order valence-electron chi connectivity index (χ2n) is 4.16. The quantitative estimate of drug-likeness (QED) is 0.705. The molecule has 0 aromatic carbocycles. The SMILES string of the molecule is Cc1ccn(CC(=O)NCCCN(C)C)n1. The lowest BCUT2D eigenvalue weighted by atomic mass is 10.4. The Balaban J connectivity index is 2.16.